The Morgan fingerprint density at radius 1 is 1.24 bits per heavy atom. The predicted octanol–water partition coefficient (Wildman–Crippen LogP) is 3.05. The molecule has 1 fully saturated rings. The zero-order valence-corrected chi connectivity index (χ0v) is 12.4. The molecule has 4 nitrogen and oxygen atoms in total. The summed E-state index contributed by atoms with van der Waals surface area (Å²) in [4.78, 5) is 24.5. The van der Waals surface area contributed by atoms with Gasteiger partial charge in [0.15, 0.2) is 5.41 Å². The number of hydrogen-bond acceptors (Lipinski definition) is 3. The van der Waals surface area contributed by atoms with E-state index < -0.39 is 17.4 Å². The van der Waals surface area contributed by atoms with Crippen molar-refractivity contribution < 1.29 is 19.4 Å². The van der Waals surface area contributed by atoms with E-state index in [-0.39, 0.29) is 18.9 Å². The molecule has 0 heterocycles. The maximum absolute atomic E-state index is 12.5. The number of aliphatic carboxylic acids is 1. The van der Waals surface area contributed by atoms with Crippen molar-refractivity contribution in [1.82, 2.24) is 0 Å². The van der Waals surface area contributed by atoms with Crippen molar-refractivity contribution >= 4 is 11.9 Å². The standard InChI is InChI=1S/C17H22O4/c1-2-21-16(20)17(15(18)19,14-10-6-7-11-14)12-13-8-4-3-5-9-13/h3-5,8-9,14H,2,6-7,10-12H2,1H3,(H,18,19). The van der Waals surface area contributed by atoms with Crippen LogP contribution in [0.3, 0.4) is 0 Å². The molecule has 1 saturated carbocycles. The predicted molar refractivity (Wildman–Crippen MR) is 78.8 cm³/mol. The van der Waals surface area contributed by atoms with Gasteiger partial charge in [-0.2, -0.15) is 0 Å². The highest BCUT2D eigenvalue weighted by atomic mass is 16.5. The van der Waals surface area contributed by atoms with E-state index in [4.69, 9.17) is 4.74 Å². The van der Waals surface area contributed by atoms with E-state index >= 15 is 0 Å². The Hall–Kier alpha value is -1.84. The van der Waals surface area contributed by atoms with E-state index in [9.17, 15) is 14.7 Å². The lowest BCUT2D eigenvalue weighted by molar-refractivity contribution is -0.173. The lowest BCUT2D eigenvalue weighted by Gasteiger charge is -2.32. The molecule has 1 aliphatic carbocycles. The molecule has 1 aromatic rings. The lowest BCUT2D eigenvalue weighted by Crippen LogP contribution is -2.48. The van der Waals surface area contributed by atoms with Crippen LogP contribution in [0.25, 0.3) is 0 Å². The summed E-state index contributed by atoms with van der Waals surface area (Å²) in [6.45, 7) is 1.91. The van der Waals surface area contributed by atoms with Gasteiger partial charge in [-0.25, -0.2) is 0 Å². The van der Waals surface area contributed by atoms with Gasteiger partial charge in [0, 0.05) is 0 Å². The molecule has 0 aliphatic heterocycles. The summed E-state index contributed by atoms with van der Waals surface area (Å²) < 4.78 is 5.13. The average molecular weight is 290 g/mol. The van der Waals surface area contributed by atoms with E-state index in [1.807, 2.05) is 30.3 Å². The monoisotopic (exact) mass is 290 g/mol. The maximum atomic E-state index is 12.5. The molecule has 0 radical (unpaired) electrons. The van der Waals surface area contributed by atoms with Gasteiger partial charge < -0.3 is 9.84 Å². The number of carboxylic acid groups (broad SMARTS) is 1. The Morgan fingerprint density at radius 3 is 2.38 bits per heavy atom. The molecule has 0 saturated heterocycles. The third kappa shape index (κ3) is 3.09. The summed E-state index contributed by atoms with van der Waals surface area (Å²) in [5.41, 5.74) is -0.590. The molecule has 1 aromatic carbocycles. The molecule has 1 unspecified atom stereocenters. The van der Waals surface area contributed by atoms with E-state index in [0.717, 1.165) is 31.2 Å². The summed E-state index contributed by atoms with van der Waals surface area (Å²) in [6, 6.07) is 9.34. The summed E-state index contributed by atoms with van der Waals surface area (Å²) in [5, 5.41) is 9.84. The van der Waals surface area contributed by atoms with Crippen LogP contribution in [0.2, 0.25) is 0 Å². The van der Waals surface area contributed by atoms with E-state index in [1.165, 1.54) is 0 Å². The van der Waals surface area contributed by atoms with Crippen LogP contribution in [-0.2, 0) is 20.7 Å². The Balaban J connectivity index is 2.39. The zero-order chi connectivity index (χ0) is 15.3. The smallest absolute Gasteiger partial charge is 0.324 e. The number of rotatable bonds is 6. The molecule has 114 valence electrons. The van der Waals surface area contributed by atoms with Gasteiger partial charge in [0.2, 0.25) is 0 Å². The number of hydrogen-bond donors (Lipinski definition) is 1. The topological polar surface area (TPSA) is 63.6 Å². The Labute approximate surface area is 125 Å². The quantitative estimate of drug-likeness (QED) is 0.646. The molecule has 0 spiro atoms. The normalized spacial score (nSPS) is 18.1. The Bertz CT molecular complexity index is 491. The van der Waals surface area contributed by atoms with Gasteiger partial charge in [-0.1, -0.05) is 43.2 Å². The number of benzene rings is 1. The number of ether oxygens (including phenoxy) is 1. The Kier molecular flexibility index (Phi) is 4.99. The minimum absolute atomic E-state index is 0.144. The molecule has 0 bridgehead atoms. The minimum atomic E-state index is -1.45. The first-order valence-electron chi connectivity index (χ1n) is 7.55. The Morgan fingerprint density at radius 2 is 1.86 bits per heavy atom. The summed E-state index contributed by atoms with van der Waals surface area (Å²) in [5.74, 6) is -1.79. The van der Waals surface area contributed by atoms with Crippen molar-refractivity contribution in [3.8, 4) is 0 Å². The fourth-order valence-electron chi connectivity index (χ4n) is 3.32. The molecule has 1 aliphatic rings. The van der Waals surface area contributed by atoms with Crippen molar-refractivity contribution in [2.75, 3.05) is 6.61 Å². The van der Waals surface area contributed by atoms with Crippen LogP contribution in [-0.4, -0.2) is 23.7 Å². The van der Waals surface area contributed by atoms with E-state index in [2.05, 4.69) is 0 Å². The van der Waals surface area contributed by atoms with Crippen LogP contribution in [0, 0.1) is 11.3 Å². The van der Waals surface area contributed by atoms with E-state index in [1.54, 1.807) is 6.92 Å². The van der Waals surface area contributed by atoms with Gasteiger partial charge >= 0.3 is 11.9 Å². The summed E-state index contributed by atoms with van der Waals surface area (Å²) in [6.07, 6.45) is 3.71. The molecule has 1 N–H and O–H groups in total. The molecule has 4 heteroatoms. The van der Waals surface area contributed by atoms with Crippen molar-refractivity contribution in [2.45, 2.75) is 39.0 Å². The first kappa shape index (κ1) is 15.5. The molecule has 1 atom stereocenters. The third-order valence-corrected chi connectivity index (χ3v) is 4.40. The van der Waals surface area contributed by atoms with Crippen molar-refractivity contribution in [1.29, 1.82) is 0 Å². The SMILES string of the molecule is CCOC(=O)C(Cc1ccccc1)(C(=O)O)C1CCCC1. The molecule has 21 heavy (non-hydrogen) atoms. The van der Waals surface area contributed by atoms with Gasteiger partial charge in [0.05, 0.1) is 6.61 Å². The van der Waals surface area contributed by atoms with Gasteiger partial charge in [-0.05, 0) is 37.7 Å². The zero-order valence-electron chi connectivity index (χ0n) is 12.4. The number of carbonyl (C=O) groups is 2. The van der Waals surface area contributed by atoms with Crippen LogP contribution < -0.4 is 0 Å². The van der Waals surface area contributed by atoms with Crippen molar-refractivity contribution in [3.63, 3.8) is 0 Å². The van der Waals surface area contributed by atoms with Crippen LogP contribution in [0.1, 0.15) is 38.2 Å². The van der Waals surface area contributed by atoms with Crippen LogP contribution in [0.4, 0.5) is 0 Å². The fraction of sp³-hybridized carbons (Fsp3) is 0.529. The highest BCUT2D eigenvalue weighted by Gasteiger charge is 2.54. The fourth-order valence-corrected chi connectivity index (χ4v) is 3.32. The second-order valence-electron chi connectivity index (χ2n) is 5.64. The van der Waals surface area contributed by atoms with Gasteiger partial charge in [0.1, 0.15) is 0 Å². The molecule has 0 aromatic heterocycles. The highest BCUT2D eigenvalue weighted by Crippen LogP contribution is 2.43. The van der Waals surface area contributed by atoms with Gasteiger partial charge in [-0.3, -0.25) is 9.59 Å². The molecular weight excluding hydrogens is 268 g/mol. The highest BCUT2D eigenvalue weighted by molar-refractivity contribution is 6.00. The van der Waals surface area contributed by atoms with Crippen molar-refractivity contribution in [3.05, 3.63) is 35.9 Å². The van der Waals surface area contributed by atoms with Gasteiger partial charge in [0.25, 0.3) is 0 Å². The van der Waals surface area contributed by atoms with Crippen LogP contribution >= 0.6 is 0 Å². The number of esters is 1. The van der Waals surface area contributed by atoms with E-state index in [0.29, 0.717) is 0 Å². The first-order valence-corrected chi connectivity index (χ1v) is 7.55. The van der Waals surface area contributed by atoms with Crippen LogP contribution in [0.15, 0.2) is 30.3 Å². The molecule has 2 rings (SSSR count). The molecule has 0 amide bonds. The third-order valence-electron chi connectivity index (χ3n) is 4.40. The minimum Gasteiger partial charge on any atom is -0.480 e. The van der Waals surface area contributed by atoms with Crippen LogP contribution in [0.5, 0.6) is 0 Å². The maximum Gasteiger partial charge on any atom is 0.324 e. The number of carbonyl (C=O) groups excluding carboxylic acids is 1. The largest absolute Gasteiger partial charge is 0.480 e. The number of carboxylic acids is 1. The van der Waals surface area contributed by atoms with Crippen molar-refractivity contribution in [2.24, 2.45) is 11.3 Å². The second-order valence-corrected chi connectivity index (χ2v) is 5.64. The lowest BCUT2D eigenvalue weighted by atomic mass is 9.70. The molecular formula is C17H22O4. The first-order chi connectivity index (χ1) is 10.1. The summed E-state index contributed by atoms with van der Waals surface area (Å²) >= 11 is 0. The second kappa shape index (κ2) is 6.74. The summed E-state index contributed by atoms with van der Waals surface area (Å²) in [7, 11) is 0. The van der Waals surface area contributed by atoms with Gasteiger partial charge in [-0.15, -0.1) is 0 Å². The average Bonchev–Trinajstić information content (AvgIpc) is 3.00.